The molecule has 1 unspecified atom stereocenters. The molecule has 0 fully saturated rings. The maximum absolute atomic E-state index is 5.63. The van der Waals surface area contributed by atoms with Gasteiger partial charge in [0.2, 0.25) is 0 Å². The minimum Gasteiger partial charge on any atom is -0.493 e. The molecule has 2 nitrogen and oxygen atoms in total. The lowest BCUT2D eigenvalue weighted by atomic mass is 9.94. The Morgan fingerprint density at radius 1 is 1.38 bits per heavy atom. The van der Waals surface area contributed by atoms with Gasteiger partial charge in [0.15, 0.2) is 0 Å². The summed E-state index contributed by atoms with van der Waals surface area (Å²) in [6.45, 7) is 1.59. The summed E-state index contributed by atoms with van der Waals surface area (Å²) in [5, 5.41) is 0. The van der Waals surface area contributed by atoms with Gasteiger partial charge in [-0.25, -0.2) is 0 Å². The van der Waals surface area contributed by atoms with Crippen LogP contribution in [0.4, 0.5) is 0 Å². The van der Waals surface area contributed by atoms with Gasteiger partial charge in [-0.3, -0.25) is 0 Å². The van der Waals surface area contributed by atoms with Crippen molar-refractivity contribution in [3.8, 4) is 5.75 Å². The molecule has 0 aliphatic carbocycles. The maximum atomic E-state index is 5.63. The third-order valence-corrected chi connectivity index (χ3v) is 2.53. The van der Waals surface area contributed by atoms with Crippen LogP contribution in [0.25, 0.3) is 0 Å². The molecule has 70 valence electrons. The quantitative estimate of drug-likeness (QED) is 0.744. The normalized spacial score (nSPS) is 20.5. The highest BCUT2D eigenvalue weighted by atomic mass is 16.5. The highest BCUT2D eigenvalue weighted by Gasteiger charge is 2.18. The molecule has 1 heterocycles. The minimum atomic E-state index is 0.611. The van der Waals surface area contributed by atoms with Crippen LogP contribution in [0, 0.1) is 5.92 Å². The van der Waals surface area contributed by atoms with Crippen molar-refractivity contribution in [1.29, 1.82) is 0 Å². The van der Waals surface area contributed by atoms with Crippen molar-refractivity contribution in [3.05, 3.63) is 29.8 Å². The van der Waals surface area contributed by atoms with E-state index in [4.69, 9.17) is 10.5 Å². The van der Waals surface area contributed by atoms with Crippen molar-refractivity contribution in [2.24, 2.45) is 11.7 Å². The monoisotopic (exact) mass is 177 g/mol. The molecule has 2 heteroatoms. The van der Waals surface area contributed by atoms with Crippen molar-refractivity contribution >= 4 is 0 Å². The van der Waals surface area contributed by atoms with Crippen LogP contribution in [0.2, 0.25) is 0 Å². The summed E-state index contributed by atoms with van der Waals surface area (Å²) < 4.78 is 5.63. The van der Waals surface area contributed by atoms with Crippen LogP contribution >= 0.6 is 0 Å². The second-order valence-corrected chi connectivity index (χ2v) is 3.57. The Morgan fingerprint density at radius 2 is 2.23 bits per heavy atom. The average Bonchev–Trinajstić information content (AvgIpc) is 2.18. The molecule has 0 amide bonds. The highest BCUT2D eigenvalue weighted by Crippen LogP contribution is 2.27. The molecule has 13 heavy (non-hydrogen) atoms. The zero-order chi connectivity index (χ0) is 9.10. The van der Waals surface area contributed by atoms with Crippen molar-refractivity contribution in [3.63, 3.8) is 0 Å². The highest BCUT2D eigenvalue weighted by molar-refractivity contribution is 5.34. The van der Waals surface area contributed by atoms with Crippen LogP contribution in [0.5, 0.6) is 5.75 Å². The van der Waals surface area contributed by atoms with E-state index in [2.05, 4.69) is 12.1 Å². The third-order valence-electron chi connectivity index (χ3n) is 2.53. The molecule has 1 aromatic carbocycles. The lowest BCUT2D eigenvalue weighted by Gasteiger charge is -2.24. The lowest BCUT2D eigenvalue weighted by molar-refractivity contribution is 0.216. The number of hydrogen-bond acceptors (Lipinski definition) is 2. The van der Waals surface area contributed by atoms with Gasteiger partial charge in [0, 0.05) is 0 Å². The van der Waals surface area contributed by atoms with Crippen LogP contribution in [0.3, 0.4) is 0 Å². The van der Waals surface area contributed by atoms with Gasteiger partial charge in [-0.05, 0) is 36.9 Å². The number of nitrogens with two attached hydrogens (primary N) is 1. The Balaban J connectivity index is 2.11. The third kappa shape index (κ3) is 1.83. The minimum absolute atomic E-state index is 0.611. The van der Waals surface area contributed by atoms with Crippen LogP contribution in [0.15, 0.2) is 24.3 Å². The Bertz CT molecular complexity index is 285. The summed E-state index contributed by atoms with van der Waals surface area (Å²) >= 11 is 0. The van der Waals surface area contributed by atoms with Crippen LogP contribution in [0.1, 0.15) is 12.0 Å². The van der Waals surface area contributed by atoms with Gasteiger partial charge in [-0.15, -0.1) is 0 Å². The SMILES string of the molecule is NCCC1COc2ccccc2C1. The number of para-hydroxylation sites is 1. The Labute approximate surface area is 78.7 Å². The van der Waals surface area contributed by atoms with E-state index in [1.165, 1.54) is 5.56 Å². The maximum Gasteiger partial charge on any atom is 0.122 e. The van der Waals surface area contributed by atoms with Gasteiger partial charge in [-0.2, -0.15) is 0 Å². The van der Waals surface area contributed by atoms with E-state index in [1.807, 2.05) is 12.1 Å². The lowest BCUT2D eigenvalue weighted by Crippen LogP contribution is -2.23. The van der Waals surface area contributed by atoms with E-state index in [-0.39, 0.29) is 0 Å². The molecule has 1 aliphatic heterocycles. The first-order valence-electron chi connectivity index (χ1n) is 4.81. The fourth-order valence-electron chi connectivity index (χ4n) is 1.81. The average molecular weight is 177 g/mol. The second-order valence-electron chi connectivity index (χ2n) is 3.57. The molecule has 0 radical (unpaired) electrons. The van der Waals surface area contributed by atoms with Crippen molar-refractivity contribution in [2.75, 3.05) is 13.2 Å². The van der Waals surface area contributed by atoms with Crippen molar-refractivity contribution in [2.45, 2.75) is 12.8 Å². The molecule has 1 aliphatic rings. The molecule has 1 atom stereocenters. The van der Waals surface area contributed by atoms with Gasteiger partial charge in [0.1, 0.15) is 5.75 Å². The Kier molecular flexibility index (Phi) is 2.50. The fraction of sp³-hybridized carbons (Fsp3) is 0.455. The van der Waals surface area contributed by atoms with E-state index in [1.54, 1.807) is 0 Å². The van der Waals surface area contributed by atoms with Gasteiger partial charge in [-0.1, -0.05) is 18.2 Å². The van der Waals surface area contributed by atoms with Crippen LogP contribution in [-0.2, 0) is 6.42 Å². The van der Waals surface area contributed by atoms with Gasteiger partial charge in [0.25, 0.3) is 0 Å². The summed E-state index contributed by atoms with van der Waals surface area (Å²) in [4.78, 5) is 0. The van der Waals surface area contributed by atoms with Crippen molar-refractivity contribution < 1.29 is 4.74 Å². The molecule has 0 bridgehead atoms. The van der Waals surface area contributed by atoms with Crippen molar-refractivity contribution in [1.82, 2.24) is 0 Å². The topological polar surface area (TPSA) is 35.2 Å². The van der Waals surface area contributed by atoms with E-state index < -0.39 is 0 Å². The van der Waals surface area contributed by atoms with E-state index in [0.717, 1.165) is 31.7 Å². The Morgan fingerprint density at radius 3 is 3.08 bits per heavy atom. The first kappa shape index (κ1) is 8.57. The first-order chi connectivity index (χ1) is 6.40. The van der Waals surface area contributed by atoms with Gasteiger partial charge in [0.05, 0.1) is 6.61 Å². The summed E-state index contributed by atoms with van der Waals surface area (Å²) in [6.07, 6.45) is 2.18. The Hall–Kier alpha value is -1.02. The molecular weight excluding hydrogens is 162 g/mol. The number of fused-ring (bicyclic) bond motifs is 1. The number of benzene rings is 1. The summed E-state index contributed by atoms with van der Waals surface area (Å²) in [5.41, 5.74) is 6.85. The molecule has 1 aromatic rings. The van der Waals surface area contributed by atoms with E-state index in [0.29, 0.717) is 5.92 Å². The molecule has 0 spiro atoms. The smallest absolute Gasteiger partial charge is 0.122 e. The summed E-state index contributed by atoms with van der Waals surface area (Å²) in [6, 6.07) is 8.25. The van der Waals surface area contributed by atoms with E-state index in [9.17, 15) is 0 Å². The van der Waals surface area contributed by atoms with Gasteiger partial charge < -0.3 is 10.5 Å². The van der Waals surface area contributed by atoms with E-state index >= 15 is 0 Å². The zero-order valence-corrected chi connectivity index (χ0v) is 7.70. The van der Waals surface area contributed by atoms with Crippen LogP contribution < -0.4 is 10.5 Å². The number of hydrogen-bond donors (Lipinski definition) is 1. The van der Waals surface area contributed by atoms with Crippen LogP contribution in [-0.4, -0.2) is 13.2 Å². The predicted molar refractivity (Wildman–Crippen MR) is 52.8 cm³/mol. The number of ether oxygens (including phenoxy) is 1. The standard InChI is InChI=1S/C11H15NO/c12-6-5-9-7-10-3-1-2-4-11(10)13-8-9/h1-4,9H,5-8,12H2. The molecule has 0 saturated heterocycles. The largest absolute Gasteiger partial charge is 0.493 e. The molecule has 0 aromatic heterocycles. The number of rotatable bonds is 2. The molecule has 2 N–H and O–H groups in total. The molecule has 0 saturated carbocycles. The predicted octanol–water partition coefficient (Wildman–Crippen LogP) is 1.59. The summed E-state index contributed by atoms with van der Waals surface area (Å²) in [5.74, 6) is 1.66. The second kappa shape index (κ2) is 3.79. The summed E-state index contributed by atoms with van der Waals surface area (Å²) in [7, 11) is 0. The molecular formula is C11H15NO. The first-order valence-corrected chi connectivity index (χ1v) is 4.81. The molecule has 2 rings (SSSR count). The fourth-order valence-corrected chi connectivity index (χ4v) is 1.81. The van der Waals surface area contributed by atoms with Gasteiger partial charge >= 0.3 is 0 Å². The zero-order valence-electron chi connectivity index (χ0n) is 7.70.